The van der Waals surface area contributed by atoms with Gasteiger partial charge < -0.3 is 9.47 Å². The minimum Gasteiger partial charge on any atom is -0.497 e. The molecule has 0 heterocycles. The maximum Gasteiger partial charge on any atom is 0.303 e. The standard InChI is InChI=1S/C19H18O4/c1-12(20)23-19-17(13-6-4-3-5-7-13)16(18(19)21)14-8-10-15(22-2)11-9-14/h3-11,16-17,19H,1-2H3/t16-,17-,19-/m0/s1. The number of methoxy groups -OCH3 is 1. The molecule has 2 aromatic rings. The van der Waals surface area contributed by atoms with Crippen molar-refractivity contribution in [3.8, 4) is 5.75 Å². The molecule has 0 radical (unpaired) electrons. The third kappa shape index (κ3) is 2.84. The van der Waals surface area contributed by atoms with E-state index < -0.39 is 12.1 Å². The van der Waals surface area contributed by atoms with Gasteiger partial charge in [0.25, 0.3) is 0 Å². The summed E-state index contributed by atoms with van der Waals surface area (Å²) in [4.78, 5) is 23.8. The van der Waals surface area contributed by atoms with Crippen molar-refractivity contribution in [1.82, 2.24) is 0 Å². The Morgan fingerprint density at radius 1 is 0.957 bits per heavy atom. The van der Waals surface area contributed by atoms with Crippen LogP contribution in [-0.4, -0.2) is 25.0 Å². The summed E-state index contributed by atoms with van der Waals surface area (Å²) in [5, 5.41) is 0. The van der Waals surface area contributed by atoms with Crippen molar-refractivity contribution in [2.75, 3.05) is 7.11 Å². The van der Waals surface area contributed by atoms with Gasteiger partial charge in [0.1, 0.15) is 5.75 Å². The van der Waals surface area contributed by atoms with Crippen LogP contribution < -0.4 is 4.74 Å². The fraction of sp³-hybridized carbons (Fsp3) is 0.263. The van der Waals surface area contributed by atoms with Gasteiger partial charge in [0.05, 0.1) is 13.0 Å². The molecule has 0 bridgehead atoms. The van der Waals surface area contributed by atoms with Gasteiger partial charge in [-0.25, -0.2) is 0 Å². The molecular formula is C19H18O4. The molecule has 3 rings (SSSR count). The lowest BCUT2D eigenvalue weighted by Crippen LogP contribution is -2.50. The summed E-state index contributed by atoms with van der Waals surface area (Å²) in [6, 6.07) is 17.2. The predicted molar refractivity (Wildman–Crippen MR) is 85.5 cm³/mol. The molecule has 0 amide bonds. The topological polar surface area (TPSA) is 52.6 Å². The Balaban J connectivity index is 1.94. The van der Waals surface area contributed by atoms with E-state index in [9.17, 15) is 9.59 Å². The van der Waals surface area contributed by atoms with Gasteiger partial charge in [-0.3, -0.25) is 9.59 Å². The van der Waals surface area contributed by atoms with Crippen molar-refractivity contribution in [2.24, 2.45) is 0 Å². The quantitative estimate of drug-likeness (QED) is 0.814. The Kier molecular flexibility index (Phi) is 4.15. The number of hydrogen-bond donors (Lipinski definition) is 0. The summed E-state index contributed by atoms with van der Waals surface area (Å²) in [5.41, 5.74) is 1.91. The normalized spacial score (nSPS) is 23.0. The Bertz CT molecular complexity index is 706. The molecule has 0 saturated heterocycles. The van der Waals surface area contributed by atoms with Crippen LogP contribution in [0.4, 0.5) is 0 Å². The van der Waals surface area contributed by atoms with E-state index in [1.165, 1.54) is 6.92 Å². The van der Waals surface area contributed by atoms with Gasteiger partial charge in [0.2, 0.25) is 0 Å². The lowest BCUT2D eigenvalue weighted by atomic mass is 9.63. The highest BCUT2D eigenvalue weighted by Crippen LogP contribution is 2.48. The Morgan fingerprint density at radius 3 is 2.17 bits per heavy atom. The Labute approximate surface area is 135 Å². The molecule has 0 spiro atoms. The highest BCUT2D eigenvalue weighted by molar-refractivity contribution is 5.99. The van der Waals surface area contributed by atoms with E-state index in [-0.39, 0.29) is 17.6 Å². The van der Waals surface area contributed by atoms with Crippen molar-refractivity contribution in [3.05, 3.63) is 65.7 Å². The number of carbonyl (C=O) groups excluding carboxylic acids is 2. The van der Waals surface area contributed by atoms with Crippen molar-refractivity contribution in [2.45, 2.75) is 24.9 Å². The van der Waals surface area contributed by atoms with Gasteiger partial charge >= 0.3 is 5.97 Å². The van der Waals surface area contributed by atoms with E-state index in [0.29, 0.717) is 0 Å². The molecule has 1 saturated carbocycles. The van der Waals surface area contributed by atoms with Crippen LogP contribution in [0.25, 0.3) is 0 Å². The van der Waals surface area contributed by atoms with Crippen LogP contribution >= 0.6 is 0 Å². The molecule has 0 aromatic heterocycles. The van der Waals surface area contributed by atoms with Gasteiger partial charge in [-0.1, -0.05) is 42.5 Å². The molecule has 0 unspecified atom stereocenters. The lowest BCUT2D eigenvalue weighted by molar-refractivity contribution is -0.163. The van der Waals surface area contributed by atoms with Crippen LogP contribution in [0.3, 0.4) is 0 Å². The average molecular weight is 310 g/mol. The van der Waals surface area contributed by atoms with Crippen molar-refractivity contribution in [3.63, 3.8) is 0 Å². The third-order valence-electron chi connectivity index (χ3n) is 4.22. The maximum absolute atomic E-state index is 12.5. The molecule has 0 N–H and O–H groups in total. The fourth-order valence-electron chi connectivity index (χ4n) is 3.12. The SMILES string of the molecule is COc1ccc([C@@H]2C(=O)[C@@H](OC(C)=O)[C@H]2c2ccccc2)cc1. The van der Waals surface area contributed by atoms with Gasteiger partial charge in [0, 0.05) is 12.8 Å². The summed E-state index contributed by atoms with van der Waals surface area (Å²) in [5.74, 6) is -0.196. The summed E-state index contributed by atoms with van der Waals surface area (Å²) in [6.45, 7) is 1.33. The van der Waals surface area contributed by atoms with E-state index >= 15 is 0 Å². The van der Waals surface area contributed by atoms with E-state index in [1.807, 2.05) is 54.6 Å². The fourth-order valence-corrected chi connectivity index (χ4v) is 3.12. The number of Topliss-reactive ketones (excluding diaryl/α,β-unsaturated/α-hetero) is 1. The molecule has 118 valence electrons. The van der Waals surface area contributed by atoms with E-state index in [1.54, 1.807) is 7.11 Å². The molecule has 3 atom stereocenters. The van der Waals surface area contributed by atoms with Crippen LogP contribution in [0.5, 0.6) is 5.75 Å². The highest BCUT2D eigenvalue weighted by atomic mass is 16.5. The second kappa shape index (κ2) is 6.24. The second-order valence-electron chi connectivity index (χ2n) is 5.62. The molecule has 4 heteroatoms. The number of ether oxygens (including phenoxy) is 2. The van der Waals surface area contributed by atoms with Crippen molar-refractivity contribution in [1.29, 1.82) is 0 Å². The molecule has 1 fully saturated rings. The summed E-state index contributed by atoms with van der Waals surface area (Å²) in [6.07, 6.45) is -0.706. The first-order valence-corrected chi connectivity index (χ1v) is 7.51. The zero-order valence-corrected chi connectivity index (χ0v) is 13.1. The number of carbonyl (C=O) groups is 2. The van der Waals surface area contributed by atoms with Crippen molar-refractivity contribution < 1.29 is 19.1 Å². The van der Waals surface area contributed by atoms with Gasteiger partial charge in [-0.05, 0) is 23.3 Å². The summed E-state index contributed by atoms with van der Waals surface area (Å²) >= 11 is 0. The van der Waals surface area contributed by atoms with Crippen LogP contribution in [0.2, 0.25) is 0 Å². The zero-order chi connectivity index (χ0) is 16.4. The van der Waals surface area contributed by atoms with Crippen LogP contribution in [0.15, 0.2) is 54.6 Å². The second-order valence-corrected chi connectivity index (χ2v) is 5.62. The zero-order valence-electron chi connectivity index (χ0n) is 13.1. The molecule has 0 aliphatic heterocycles. The smallest absolute Gasteiger partial charge is 0.303 e. The van der Waals surface area contributed by atoms with Crippen molar-refractivity contribution >= 4 is 11.8 Å². The molecule has 4 nitrogen and oxygen atoms in total. The van der Waals surface area contributed by atoms with Gasteiger partial charge in [0.15, 0.2) is 11.9 Å². The predicted octanol–water partition coefficient (Wildman–Crippen LogP) is 3.08. The number of benzene rings is 2. The number of rotatable bonds is 4. The van der Waals surface area contributed by atoms with Crippen LogP contribution in [-0.2, 0) is 14.3 Å². The molecule has 1 aliphatic rings. The lowest BCUT2D eigenvalue weighted by Gasteiger charge is -2.42. The monoisotopic (exact) mass is 310 g/mol. The molecule has 1 aliphatic carbocycles. The maximum atomic E-state index is 12.5. The molecular weight excluding hydrogens is 292 g/mol. The third-order valence-corrected chi connectivity index (χ3v) is 4.22. The van der Waals surface area contributed by atoms with Crippen LogP contribution in [0.1, 0.15) is 29.9 Å². The average Bonchev–Trinajstić information content (AvgIpc) is 2.58. The van der Waals surface area contributed by atoms with E-state index in [4.69, 9.17) is 9.47 Å². The van der Waals surface area contributed by atoms with Gasteiger partial charge in [-0.15, -0.1) is 0 Å². The minimum absolute atomic E-state index is 0.0563. The largest absolute Gasteiger partial charge is 0.497 e. The first-order valence-electron chi connectivity index (χ1n) is 7.51. The highest BCUT2D eigenvalue weighted by Gasteiger charge is 2.53. The Morgan fingerprint density at radius 2 is 1.61 bits per heavy atom. The number of hydrogen-bond acceptors (Lipinski definition) is 4. The van der Waals surface area contributed by atoms with E-state index in [2.05, 4.69) is 0 Å². The first-order chi connectivity index (χ1) is 11.1. The minimum atomic E-state index is -0.706. The first kappa shape index (κ1) is 15.3. The number of esters is 1. The van der Waals surface area contributed by atoms with E-state index in [0.717, 1.165) is 16.9 Å². The molecule has 23 heavy (non-hydrogen) atoms. The summed E-state index contributed by atoms with van der Waals surface area (Å²) < 4.78 is 10.4. The van der Waals surface area contributed by atoms with Gasteiger partial charge in [-0.2, -0.15) is 0 Å². The van der Waals surface area contributed by atoms with Crippen LogP contribution in [0, 0.1) is 0 Å². The Hall–Kier alpha value is -2.62. The summed E-state index contributed by atoms with van der Waals surface area (Å²) in [7, 11) is 1.60. The number of ketones is 1. The molecule has 2 aromatic carbocycles.